The predicted octanol–water partition coefficient (Wildman–Crippen LogP) is 3.26. The van der Waals surface area contributed by atoms with Crippen LogP contribution in [0.25, 0.3) is 0 Å². The maximum atomic E-state index is 11.9. The Labute approximate surface area is 158 Å². The topological polar surface area (TPSA) is 58.4 Å². The number of rotatable bonds is 9. The summed E-state index contributed by atoms with van der Waals surface area (Å²) in [6.45, 7) is 8.17. The Bertz CT molecular complexity index is 507. The minimum Gasteiger partial charge on any atom is -0.350 e. The zero-order valence-electron chi connectivity index (χ0n) is 14.7. The Morgan fingerprint density at radius 2 is 1.92 bits per heavy atom. The average Bonchev–Trinajstić information content (AvgIpc) is 3.28. The molecule has 2 rings (SSSR count). The van der Waals surface area contributed by atoms with Crippen molar-refractivity contribution < 1.29 is 4.79 Å². The van der Waals surface area contributed by atoms with E-state index in [9.17, 15) is 4.79 Å². The molecule has 0 bridgehead atoms. The molecule has 3 N–H and O–H groups in total. The van der Waals surface area contributed by atoms with Gasteiger partial charge in [0.15, 0.2) is 0 Å². The van der Waals surface area contributed by atoms with Crippen LogP contribution in [0.1, 0.15) is 50.7 Å². The molecular formula is C18H31Cl2N3O. The van der Waals surface area contributed by atoms with Gasteiger partial charge in [0.2, 0.25) is 5.91 Å². The normalized spacial score (nSPS) is 14.5. The van der Waals surface area contributed by atoms with E-state index in [2.05, 4.69) is 48.3 Å². The minimum atomic E-state index is -0.587. The fourth-order valence-electron chi connectivity index (χ4n) is 2.55. The highest BCUT2D eigenvalue weighted by atomic mass is 35.5. The number of nitrogens with two attached hydrogens (primary N) is 1. The Morgan fingerprint density at radius 1 is 1.25 bits per heavy atom. The summed E-state index contributed by atoms with van der Waals surface area (Å²) in [5.74, 6) is -0.0176. The summed E-state index contributed by atoms with van der Waals surface area (Å²) in [7, 11) is 0. The first-order valence-corrected chi connectivity index (χ1v) is 8.44. The number of nitrogens with one attached hydrogen (secondary N) is 1. The summed E-state index contributed by atoms with van der Waals surface area (Å²) in [5.41, 5.74) is 7.75. The van der Waals surface area contributed by atoms with E-state index < -0.39 is 5.54 Å². The molecule has 0 heterocycles. The molecule has 6 heteroatoms. The molecule has 1 amide bonds. The highest BCUT2D eigenvalue weighted by Gasteiger charge is 2.45. The molecule has 0 atom stereocenters. The molecule has 0 aliphatic heterocycles. The van der Waals surface area contributed by atoms with Crippen molar-refractivity contribution in [3.63, 3.8) is 0 Å². The van der Waals surface area contributed by atoms with Gasteiger partial charge in [-0.1, -0.05) is 44.5 Å². The van der Waals surface area contributed by atoms with E-state index >= 15 is 0 Å². The smallest absolute Gasteiger partial charge is 0.240 e. The van der Waals surface area contributed by atoms with Crippen molar-refractivity contribution in [2.45, 2.75) is 58.2 Å². The second-order valence-corrected chi connectivity index (χ2v) is 6.38. The summed E-state index contributed by atoms with van der Waals surface area (Å²) in [4.78, 5) is 14.3. The van der Waals surface area contributed by atoms with E-state index in [0.717, 1.165) is 38.0 Å². The number of unbranched alkanes of at least 4 members (excludes halogenated alkanes) is 1. The molecule has 1 aromatic carbocycles. The van der Waals surface area contributed by atoms with Gasteiger partial charge in [-0.2, -0.15) is 0 Å². The third-order valence-electron chi connectivity index (χ3n) is 4.37. The summed E-state index contributed by atoms with van der Waals surface area (Å²) < 4.78 is 0. The number of hydrogen-bond acceptors (Lipinski definition) is 3. The third kappa shape index (κ3) is 6.98. The molecule has 1 aliphatic rings. The summed E-state index contributed by atoms with van der Waals surface area (Å²) >= 11 is 0. The van der Waals surface area contributed by atoms with Crippen LogP contribution in [-0.4, -0.2) is 29.4 Å². The third-order valence-corrected chi connectivity index (χ3v) is 4.37. The van der Waals surface area contributed by atoms with E-state index in [0.29, 0.717) is 6.54 Å². The van der Waals surface area contributed by atoms with Gasteiger partial charge in [0.25, 0.3) is 0 Å². The van der Waals surface area contributed by atoms with Crippen LogP contribution in [0.15, 0.2) is 24.3 Å². The Balaban J connectivity index is 0.00000264. The van der Waals surface area contributed by atoms with E-state index in [1.165, 1.54) is 18.4 Å². The van der Waals surface area contributed by atoms with Crippen molar-refractivity contribution in [1.29, 1.82) is 0 Å². The maximum absolute atomic E-state index is 11.9. The Hall–Kier alpha value is -0.810. The van der Waals surface area contributed by atoms with Gasteiger partial charge in [0.1, 0.15) is 0 Å². The van der Waals surface area contributed by atoms with Crippen LogP contribution in [0.4, 0.5) is 0 Å². The van der Waals surface area contributed by atoms with Gasteiger partial charge in [-0.25, -0.2) is 0 Å². The van der Waals surface area contributed by atoms with Crippen molar-refractivity contribution in [3.8, 4) is 0 Å². The van der Waals surface area contributed by atoms with Gasteiger partial charge in [-0.15, -0.1) is 24.8 Å². The molecule has 0 saturated heterocycles. The quantitative estimate of drug-likeness (QED) is 0.696. The summed E-state index contributed by atoms with van der Waals surface area (Å²) in [5, 5.41) is 2.95. The van der Waals surface area contributed by atoms with E-state index in [-0.39, 0.29) is 30.7 Å². The van der Waals surface area contributed by atoms with Crippen molar-refractivity contribution in [2.24, 2.45) is 5.73 Å². The molecule has 1 aromatic rings. The van der Waals surface area contributed by atoms with Crippen LogP contribution in [-0.2, 0) is 17.9 Å². The number of halogens is 2. The molecule has 0 aromatic heterocycles. The van der Waals surface area contributed by atoms with Crippen LogP contribution < -0.4 is 11.1 Å². The van der Waals surface area contributed by atoms with Crippen LogP contribution in [0, 0.1) is 0 Å². The highest BCUT2D eigenvalue weighted by molar-refractivity contribution is 5.88. The Morgan fingerprint density at radius 3 is 2.50 bits per heavy atom. The summed E-state index contributed by atoms with van der Waals surface area (Å²) in [6, 6.07) is 8.47. The SMILES string of the molecule is CCCCN(CC)Cc1cccc(CNC(=O)C2(N)CC2)c1.Cl.Cl. The molecule has 4 nitrogen and oxygen atoms in total. The number of amides is 1. The first-order chi connectivity index (χ1) is 10.6. The number of benzene rings is 1. The van der Waals surface area contributed by atoms with Crippen molar-refractivity contribution in [1.82, 2.24) is 10.2 Å². The predicted molar refractivity (Wildman–Crippen MR) is 105 cm³/mol. The number of carbonyl (C=O) groups excluding carboxylic acids is 1. The summed E-state index contributed by atoms with van der Waals surface area (Å²) in [6.07, 6.45) is 4.08. The van der Waals surface area contributed by atoms with Gasteiger partial charge in [0, 0.05) is 13.1 Å². The molecular weight excluding hydrogens is 345 g/mol. The zero-order valence-corrected chi connectivity index (χ0v) is 16.3. The lowest BCUT2D eigenvalue weighted by Crippen LogP contribution is -2.42. The van der Waals surface area contributed by atoms with Gasteiger partial charge in [0.05, 0.1) is 5.54 Å². The number of hydrogen-bond donors (Lipinski definition) is 2. The molecule has 138 valence electrons. The van der Waals surface area contributed by atoms with E-state index in [1.807, 2.05) is 0 Å². The molecule has 0 spiro atoms. The lowest BCUT2D eigenvalue weighted by Gasteiger charge is -2.20. The first-order valence-electron chi connectivity index (χ1n) is 8.44. The molecule has 1 fully saturated rings. The first kappa shape index (κ1) is 23.2. The average molecular weight is 376 g/mol. The molecule has 0 unspecified atom stereocenters. The van der Waals surface area contributed by atoms with Crippen molar-refractivity contribution >= 4 is 30.7 Å². The van der Waals surface area contributed by atoms with Crippen LogP contribution in [0.5, 0.6) is 0 Å². The van der Waals surface area contributed by atoms with Gasteiger partial charge in [-0.3, -0.25) is 9.69 Å². The fourth-order valence-corrected chi connectivity index (χ4v) is 2.55. The Kier molecular flexibility index (Phi) is 10.6. The molecule has 24 heavy (non-hydrogen) atoms. The standard InChI is InChI=1S/C18H29N3O.2ClH/c1-3-5-11-21(4-2)14-16-8-6-7-15(12-16)13-20-17(22)18(19)9-10-18;;/h6-8,12H,3-5,9-11,13-14,19H2,1-2H3,(H,20,22);2*1H. The maximum Gasteiger partial charge on any atom is 0.240 e. The number of carbonyl (C=O) groups is 1. The van der Waals surface area contributed by atoms with Gasteiger partial charge in [-0.05, 0) is 43.5 Å². The lowest BCUT2D eigenvalue weighted by molar-refractivity contribution is -0.123. The van der Waals surface area contributed by atoms with Gasteiger partial charge < -0.3 is 11.1 Å². The van der Waals surface area contributed by atoms with Crippen molar-refractivity contribution in [3.05, 3.63) is 35.4 Å². The van der Waals surface area contributed by atoms with Gasteiger partial charge >= 0.3 is 0 Å². The monoisotopic (exact) mass is 375 g/mol. The van der Waals surface area contributed by atoms with Crippen LogP contribution >= 0.6 is 24.8 Å². The largest absolute Gasteiger partial charge is 0.350 e. The fraction of sp³-hybridized carbons (Fsp3) is 0.611. The second-order valence-electron chi connectivity index (χ2n) is 6.38. The van der Waals surface area contributed by atoms with Crippen molar-refractivity contribution in [2.75, 3.05) is 13.1 Å². The van der Waals surface area contributed by atoms with E-state index in [1.54, 1.807) is 0 Å². The zero-order chi connectivity index (χ0) is 16.0. The molecule has 1 saturated carbocycles. The van der Waals surface area contributed by atoms with E-state index in [4.69, 9.17) is 5.73 Å². The lowest BCUT2D eigenvalue weighted by atomic mass is 10.1. The molecule has 0 radical (unpaired) electrons. The second kappa shape index (κ2) is 10.9. The number of nitrogens with zero attached hydrogens (tertiary/aromatic N) is 1. The van der Waals surface area contributed by atoms with Crippen LogP contribution in [0.2, 0.25) is 0 Å². The molecule has 1 aliphatic carbocycles. The minimum absolute atomic E-state index is 0. The van der Waals surface area contributed by atoms with Crippen LogP contribution in [0.3, 0.4) is 0 Å². The highest BCUT2D eigenvalue weighted by Crippen LogP contribution is 2.32.